The minimum Gasteiger partial charge on any atom is -0.101 e. The highest BCUT2D eigenvalue weighted by molar-refractivity contribution is 6.49. The summed E-state index contributed by atoms with van der Waals surface area (Å²) in [4.78, 5) is 0. The molecule has 0 heterocycles. The molecule has 0 N–H and O–H groups in total. The maximum absolute atomic E-state index is 6.10. The Bertz CT molecular complexity index is 109. The highest BCUT2D eigenvalue weighted by Gasteiger charge is 2.51. The van der Waals surface area contributed by atoms with Crippen molar-refractivity contribution in [1.29, 1.82) is 0 Å². The van der Waals surface area contributed by atoms with E-state index in [1.807, 2.05) is 0 Å². The first kappa shape index (κ1) is 6.30. The van der Waals surface area contributed by atoms with Gasteiger partial charge < -0.3 is 0 Å². The molecule has 0 aliphatic heterocycles. The SMILES string of the molecule is ClC1(Cl)C2CCC1CC2. The molecule has 0 saturated heterocycles. The van der Waals surface area contributed by atoms with Gasteiger partial charge in [-0.05, 0) is 37.5 Å². The van der Waals surface area contributed by atoms with Gasteiger partial charge in [-0.15, -0.1) is 23.2 Å². The summed E-state index contributed by atoms with van der Waals surface area (Å²) in [7, 11) is 0. The molecule has 2 bridgehead atoms. The second-order valence-electron chi connectivity index (χ2n) is 3.22. The van der Waals surface area contributed by atoms with E-state index in [4.69, 9.17) is 23.2 Å². The second-order valence-corrected chi connectivity index (χ2v) is 4.67. The molecule has 0 aromatic rings. The van der Waals surface area contributed by atoms with Crippen molar-refractivity contribution in [3.8, 4) is 0 Å². The Labute approximate surface area is 65.5 Å². The molecule has 0 unspecified atom stereocenters. The van der Waals surface area contributed by atoms with Gasteiger partial charge in [0.15, 0.2) is 0 Å². The van der Waals surface area contributed by atoms with Crippen LogP contribution in [0.2, 0.25) is 0 Å². The van der Waals surface area contributed by atoms with Crippen LogP contribution in [-0.4, -0.2) is 4.33 Å². The molecule has 2 aliphatic rings. The molecule has 2 rings (SSSR count). The Morgan fingerprint density at radius 2 is 1.22 bits per heavy atom. The van der Waals surface area contributed by atoms with Crippen LogP contribution >= 0.6 is 23.2 Å². The molecule has 0 nitrogen and oxygen atoms in total. The van der Waals surface area contributed by atoms with E-state index in [0.717, 1.165) is 0 Å². The van der Waals surface area contributed by atoms with Crippen molar-refractivity contribution in [1.82, 2.24) is 0 Å². The Morgan fingerprint density at radius 3 is 1.33 bits per heavy atom. The average molecular weight is 165 g/mol. The Hall–Kier alpha value is 0.580. The van der Waals surface area contributed by atoms with Crippen LogP contribution in [0.3, 0.4) is 0 Å². The van der Waals surface area contributed by atoms with Crippen molar-refractivity contribution in [2.24, 2.45) is 11.8 Å². The maximum atomic E-state index is 6.10. The fourth-order valence-electron chi connectivity index (χ4n) is 2.20. The molecule has 2 heteroatoms. The van der Waals surface area contributed by atoms with Crippen molar-refractivity contribution in [3.05, 3.63) is 0 Å². The second kappa shape index (κ2) is 1.79. The molecule has 0 aromatic heterocycles. The lowest BCUT2D eigenvalue weighted by atomic mass is 10.0. The Morgan fingerprint density at radius 1 is 0.889 bits per heavy atom. The van der Waals surface area contributed by atoms with Crippen LogP contribution in [0.4, 0.5) is 0 Å². The lowest BCUT2D eigenvalue weighted by Gasteiger charge is -2.16. The molecule has 52 valence electrons. The molecule has 0 aromatic carbocycles. The normalized spacial score (nSPS) is 46.0. The number of fused-ring (bicyclic) bond motifs is 2. The highest BCUT2D eigenvalue weighted by atomic mass is 35.5. The van der Waals surface area contributed by atoms with Crippen LogP contribution in [0, 0.1) is 11.8 Å². The van der Waals surface area contributed by atoms with Gasteiger partial charge in [-0.3, -0.25) is 0 Å². The van der Waals surface area contributed by atoms with E-state index in [-0.39, 0.29) is 4.33 Å². The number of rotatable bonds is 0. The van der Waals surface area contributed by atoms with Gasteiger partial charge >= 0.3 is 0 Å². The smallest absolute Gasteiger partial charge is 0.101 e. The van der Waals surface area contributed by atoms with E-state index in [1.165, 1.54) is 25.7 Å². The van der Waals surface area contributed by atoms with Gasteiger partial charge in [-0.2, -0.15) is 0 Å². The number of hydrogen-bond acceptors (Lipinski definition) is 0. The molecule has 0 atom stereocenters. The zero-order valence-corrected chi connectivity index (χ0v) is 6.75. The number of alkyl halides is 2. The first-order valence-corrected chi connectivity index (χ1v) is 4.34. The first-order chi connectivity index (χ1) is 4.21. The zero-order chi connectivity index (χ0) is 6.48. The van der Waals surface area contributed by atoms with Crippen LogP contribution in [0.5, 0.6) is 0 Å². The summed E-state index contributed by atoms with van der Waals surface area (Å²) >= 11 is 12.2. The topological polar surface area (TPSA) is 0 Å². The lowest BCUT2D eigenvalue weighted by Crippen LogP contribution is -2.17. The van der Waals surface area contributed by atoms with Gasteiger partial charge in [0.2, 0.25) is 0 Å². The van der Waals surface area contributed by atoms with Gasteiger partial charge in [0.05, 0.1) is 0 Å². The van der Waals surface area contributed by atoms with Crippen LogP contribution in [0.15, 0.2) is 0 Å². The summed E-state index contributed by atoms with van der Waals surface area (Å²) in [5.74, 6) is 1.23. The number of hydrogen-bond donors (Lipinski definition) is 0. The molecule has 2 saturated carbocycles. The summed E-state index contributed by atoms with van der Waals surface area (Å²) in [6.07, 6.45) is 5.05. The van der Waals surface area contributed by atoms with E-state index >= 15 is 0 Å². The van der Waals surface area contributed by atoms with Gasteiger partial charge in [0, 0.05) is 0 Å². The standard InChI is InChI=1S/C7H10Cl2/c8-7(9)5-1-2-6(7)4-3-5/h5-6H,1-4H2. The van der Waals surface area contributed by atoms with Crippen LogP contribution in [-0.2, 0) is 0 Å². The third-order valence-electron chi connectivity index (χ3n) is 2.82. The Balaban J connectivity index is 2.26. The van der Waals surface area contributed by atoms with Crippen molar-refractivity contribution >= 4 is 23.2 Å². The average Bonchev–Trinajstić information content (AvgIpc) is 2.24. The molecular formula is C7H10Cl2. The maximum Gasteiger partial charge on any atom is 0.123 e. The monoisotopic (exact) mass is 164 g/mol. The van der Waals surface area contributed by atoms with E-state index < -0.39 is 0 Å². The largest absolute Gasteiger partial charge is 0.123 e. The minimum absolute atomic E-state index is 0.333. The quantitative estimate of drug-likeness (QED) is 0.484. The summed E-state index contributed by atoms with van der Waals surface area (Å²) in [5.41, 5.74) is 0. The molecule has 2 fully saturated rings. The molecule has 2 aliphatic carbocycles. The summed E-state index contributed by atoms with van der Waals surface area (Å²) < 4.78 is -0.333. The van der Waals surface area contributed by atoms with Crippen molar-refractivity contribution in [2.45, 2.75) is 30.0 Å². The van der Waals surface area contributed by atoms with E-state index in [2.05, 4.69) is 0 Å². The predicted molar refractivity (Wildman–Crippen MR) is 39.9 cm³/mol. The molecule has 9 heavy (non-hydrogen) atoms. The van der Waals surface area contributed by atoms with Crippen molar-refractivity contribution < 1.29 is 0 Å². The third kappa shape index (κ3) is 0.729. The predicted octanol–water partition coefficient (Wildman–Crippen LogP) is 2.98. The zero-order valence-electron chi connectivity index (χ0n) is 5.24. The number of halogens is 2. The van der Waals surface area contributed by atoms with Gasteiger partial charge in [0.1, 0.15) is 4.33 Å². The van der Waals surface area contributed by atoms with Gasteiger partial charge in [-0.25, -0.2) is 0 Å². The fraction of sp³-hybridized carbons (Fsp3) is 1.00. The summed E-state index contributed by atoms with van der Waals surface area (Å²) in [6.45, 7) is 0. The summed E-state index contributed by atoms with van der Waals surface area (Å²) in [5, 5.41) is 0. The Kier molecular flexibility index (Phi) is 1.26. The lowest BCUT2D eigenvalue weighted by molar-refractivity contribution is 0.480. The third-order valence-corrected chi connectivity index (χ3v) is 4.05. The minimum atomic E-state index is -0.333. The van der Waals surface area contributed by atoms with E-state index in [9.17, 15) is 0 Å². The molecule has 0 spiro atoms. The molecule has 0 radical (unpaired) electrons. The molecular weight excluding hydrogens is 155 g/mol. The van der Waals surface area contributed by atoms with E-state index in [0.29, 0.717) is 11.8 Å². The van der Waals surface area contributed by atoms with E-state index in [1.54, 1.807) is 0 Å². The first-order valence-electron chi connectivity index (χ1n) is 3.59. The molecule has 0 amide bonds. The highest BCUT2D eigenvalue weighted by Crippen LogP contribution is 2.58. The fourth-order valence-corrected chi connectivity index (χ4v) is 3.07. The summed E-state index contributed by atoms with van der Waals surface area (Å²) in [6, 6.07) is 0. The van der Waals surface area contributed by atoms with Gasteiger partial charge in [0.25, 0.3) is 0 Å². The van der Waals surface area contributed by atoms with Crippen LogP contribution < -0.4 is 0 Å². The van der Waals surface area contributed by atoms with Crippen molar-refractivity contribution in [2.75, 3.05) is 0 Å². The van der Waals surface area contributed by atoms with Gasteiger partial charge in [-0.1, -0.05) is 0 Å². The van der Waals surface area contributed by atoms with Crippen LogP contribution in [0.1, 0.15) is 25.7 Å². The van der Waals surface area contributed by atoms with Crippen LogP contribution in [0.25, 0.3) is 0 Å². The van der Waals surface area contributed by atoms with Crippen molar-refractivity contribution in [3.63, 3.8) is 0 Å².